The van der Waals surface area contributed by atoms with E-state index in [2.05, 4.69) is 27.2 Å². The molecule has 2 atom stereocenters. The van der Waals surface area contributed by atoms with Crippen molar-refractivity contribution in [2.45, 2.75) is 39.2 Å². The van der Waals surface area contributed by atoms with Gasteiger partial charge in [-0.3, -0.25) is 4.68 Å². The second-order valence-electron chi connectivity index (χ2n) is 6.18. The molecule has 1 aliphatic carbocycles. The third kappa shape index (κ3) is 3.91. The molecule has 22 heavy (non-hydrogen) atoms. The number of guanidine groups is 1. The van der Waals surface area contributed by atoms with Gasteiger partial charge in [-0.2, -0.15) is 5.10 Å². The molecule has 0 aromatic carbocycles. The van der Waals surface area contributed by atoms with Crippen molar-refractivity contribution in [2.24, 2.45) is 23.9 Å². The van der Waals surface area contributed by atoms with Gasteiger partial charge in [-0.05, 0) is 31.6 Å². The van der Waals surface area contributed by atoms with Gasteiger partial charge in [-0.25, -0.2) is 9.98 Å². The molecule has 0 radical (unpaired) electrons. The Bertz CT molecular complexity index is 486. The molecule has 2 unspecified atom stereocenters. The van der Waals surface area contributed by atoms with Crippen molar-refractivity contribution in [1.29, 1.82) is 0 Å². The smallest absolute Gasteiger partial charge is 0.194 e. The van der Waals surface area contributed by atoms with Crippen LogP contribution in [0.4, 0.5) is 0 Å². The molecule has 1 aromatic rings. The van der Waals surface area contributed by atoms with Gasteiger partial charge in [-0.1, -0.05) is 12.8 Å². The van der Waals surface area contributed by atoms with E-state index in [-0.39, 0.29) is 24.0 Å². The first-order valence-corrected chi connectivity index (χ1v) is 8.14. The van der Waals surface area contributed by atoms with Crippen LogP contribution in [0.2, 0.25) is 0 Å². The van der Waals surface area contributed by atoms with Crippen LogP contribution in [0, 0.1) is 11.8 Å². The second kappa shape index (κ2) is 8.12. The number of nitrogens with zero attached hydrogens (tertiary/aromatic N) is 5. The van der Waals surface area contributed by atoms with Gasteiger partial charge in [-0.15, -0.1) is 24.0 Å². The van der Waals surface area contributed by atoms with Crippen LogP contribution in [0.5, 0.6) is 0 Å². The number of hydrogen-bond acceptors (Lipinski definition) is 3. The maximum absolute atomic E-state index is 4.76. The second-order valence-corrected chi connectivity index (χ2v) is 6.18. The average molecular weight is 418 g/mol. The highest BCUT2D eigenvalue weighted by Gasteiger charge is 2.35. The summed E-state index contributed by atoms with van der Waals surface area (Å²) in [6.07, 6.45) is 7.18. The first-order chi connectivity index (χ1) is 10.3. The zero-order valence-corrected chi connectivity index (χ0v) is 15.9. The lowest BCUT2D eigenvalue weighted by Crippen LogP contribution is -2.40. The van der Waals surface area contributed by atoms with E-state index in [1.54, 1.807) is 11.0 Å². The van der Waals surface area contributed by atoms with E-state index >= 15 is 0 Å². The predicted octanol–water partition coefficient (Wildman–Crippen LogP) is 2.02. The Morgan fingerprint density at radius 2 is 2.00 bits per heavy atom. The quantitative estimate of drug-likeness (QED) is 0.464. The number of nitrogens with one attached hydrogen (secondary N) is 1. The Labute approximate surface area is 149 Å². The van der Waals surface area contributed by atoms with Crippen LogP contribution in [0.1, 0.15) is 38.4 Å². The van der Waals surface area contributed by atoms with Crippen molar-refractivity contribution < 1.29 is 0 Å². The summed E-state index contributed by atoms with van der Waals surface area (Å²) in [5.74, 6) is 3.69. The number of halogens is 1. The Morgan fingerprint density at radius 1 is 1.32 bits per heavy atom. The molecule has 3 rings (SSSR count). The summed E-state index contributed by atoms with van der Waals surface area (Å²) in [7, 11) is 1.91. The molecule has 2 fully saturated rings. The van der Waals surface area contributed by atoms with E-state index in [0.29, 0.717) is 6.54 Å². The fraction of sp³-hybridized carbons (Fsp3) is 0.800. The molecule has 1 N–H and O–H groups in total. The normalized spacial score (nSPS) is 24.8. The Balaban J connectivity index is 0.00000176. The molecule has 1 saturated carbocycles. The average Bonchev–Trinajstić information content (AvgIpc) is 3.09. The molecule has 0 spiro atoms. The van der Waals surface area contributed by atoms with Crippen LogP contribution in [0.25, 0.3) is 0 Å². The fourth-order valence-corrected chi connectivity index (χ4v) is 3.61. The SMILES string of the molecule is CCNC(=NCc1ncnn1C)N1CC2CCCCC2C1.I. The van der Waals surface area contributed by atoms with Crippen LogP contribution in [-0.4, -0.2) is 45.3 Å². The molecule has 1 saturated heterocycles. The first-order valence-electron chi connectivity index (χ1n) is 8.14. The number of rotatable bonds is 3. The number of aliphatic imine (C=N–C) groups is 1. The van der Waals surface area contributed by atoms with E-state index in [4.69, 9.17) is 4.99 Å². The number of aromatic nitrogens is 3. The molecule has 6 nitrogen and oxygen atoms in total. The minimum atomic E-state index is 0. The molecule has 7 heteroatoms. The molecular weight excluding hydrogens is 391 g/mol. The lowest BCUT2D eigenvalue weighted by atomic mass is 9.82. The highest BCUT2D eigenvalue weighted by molar-refractivity contribution is 14.0. The zero-order valence-electron chi connectivity index (χ0n) is 13.5. The topological polar surface area (TPSA) is 58.3 Å². The molecule has 0 amide bonds. The minimum absolute atomic E-state index is 0. The fourth-order valence-electron chi connectivity index (χ4n) is 3.61. The van der Waals surface area contributed by atoms with Crippen molar-refractivity contribution in [2.75, 3.05) is 19.6 Å². The summed E-state index contributed by atoms with van der Waals surface area (Å²) in [6.45, 7) is 5.94. The van der Waals surface area contributed by atoms with Gasteiger partial charge in [0.25, 0.3) is 0 Å². The van der Waals surface area contributed by atoms with E-state index in [0.717, 1.165) is 43.3 Å². The summed E-state index contributed by atoms with van der Waals surface area (Å²) >= 11 is 0. The molecular formula is C15H27IN6. The summed E-state index contributed by atoms with van der Waals surface area (Å²) in [5.41, 5.74) is 0. The molecule has 1 aromatic heterocycles. The van der Waals surface area contributed by atoms with E-state index in [1.165, 1.54) is 25.7 Å². The third-order valence-electron chi connectivity index (χ3n) is 4.79. The number of fused-ring (bicyclic) bond motifs is 1. The summed E-state index contributed by atoms with van der Waals surface area (Å²) < 4.78 is 1.79. The molecule has 1 aliphatic heterocycles. The lowest BCUT2D eigenvalue weighted by Gasteiger charge is -2.22. The maximum atomic E-state index is 4.76. The highest BCUT2D eigenvalue weighted by Crippen LogP contribution is 2.35. The Hall–Kier alpha value is -0.860. The van der Waals surface area contributed by atoms with Crippen LogP contribution >= 0.6 is 24.0 Å². The summed E-state index contributed by atoms with van der Waals surface area (Å²) in [4.78, 5) is 11.5. The molecule has 0 bridgehead atoms. The number of aryl methyl sites for hydroxylation is 1. The van der Waals surface area contributed by atoms with E-state index < -0.39 is 0 Å². The van der Waals surface area contributed by atoms with Gasteiger partial charge in [0.15, 0.2) is 5.96 Å². The first kappa shape index (κ1) is 17.5. The standard InChI is InChI=1S/C15H26N6.HI/c1-3-16-15(17-8-14-18-11-19-20(14)2)21-9-12-6-4-5-7-13(12)10-21;/h11-13H,3-10H2,1-2H3,(H,16,17);1H. The molecule has 2 aliphatic rings. The Morgan fingerprint density at radius 3 is 2.55 bits per heavy atom. The van der Waals surface area contributed by atoms with Crippen LogP contribution in [-0.2, 0) is 13.6 Å². The van der Waals surface area contributed by atoms with E-state index in [9.17, 15) is 0 Å². The largest absolute Gasteiger partial charge is 0.357 e. The van der Waals surface area contributed by atoms with Crippen molar-refractivity contribution in [3.05, 3.63) is 12.2 Å². The van der Waals surface area contributed by atoms with E-state index in [1.807, 2.05) is 7.05 Å². The zero-order chi connectivity index (χ0) is 14.7. The predicted molar refractivity (Wildman–Crippen MR) is 98.3 cm³/mol. The van der Waals surface area contributed by atoms with Crippen molar-refractivity contribution >= 4 is 29.9 Å². The molecule has 2 heterocycles. The van der Waals surface area contributed by atoms with Crippen LogP contribution < -0.4 is 5.32 Å². The molecule has 124 valence electrons. The van der Waals surface area contributed by atoms with Gasteiger partial charge in [0.05, 0.1) is 0 Å². The van der Waals surface area contributed by atoms with Gasteiger partial charge >= 0.3 is 0 Å². The summed E-state index contributed by atoms with van der Waals surface area (Å²) in [5, 5.41) is 7.53. The van der Waals surface area contributed by atoms with Crippen molar-refractivity contribution in [3.63, 3.8) is 0 Å². The van der Waals surface area contributed by atoms with Crippen LogP contribution in [0.3, 0.4) is 0 Å². The monoisotopic (exact) mass is 418 g/mol. The number of likely N-dealkylation sites (tertiary alicyclic amines) is 1. The van der Waals surface area contributed by atoms with Gasteiger partial charge in [0.2, 0.25) is 0 Å². The summed E-state index contributed by atoms with van der Waals surface area (Å²) in [6, 6.07) is 0. The van der Waals surface area contributed by atoms with Gasteiger partial charge in [0, 0.05) is 26.7 Å². The third-order valence-corrected chi connectivity index (χ3v) is 4.79. The van der Waals surface area contributed by atoms with Crippen molar-refractivity contribution in [3.8, 4) is 0 Å². The number of hydrogen-bond donors (Lipinski definition) is 1. The Kier molecular flexibility index (Phi) is 6.46. The lowest BCUT2D eigenvalue weighted by molar-refractivity contribution is 0.299. The highest BCUT2D eigenvalue weighted by atomic mass is 127. The van der Waals surface area contributed by atoms with Crippen LogP contribution in [0.15, 0.2) is 11.3 Å². The van der Waals surface area contributed by atoms with Gasteiger partial charge in [0.1, 0.15) is 18.7 Å². The van der Waals surface area contributed by atoms with Gasteiger partial charge < -0.3 is 10.2 Å². The van der Waals surface area contributed by atoms with Crippen molar-refractivity contribution in [1.82, 2.24) is 25.0 Å². The minimum Gasteiger partial charge on any atom is -0.357 e. The maximum Gasteiger partial charge on any atom is 0.194 e.